The summed E-state index contributed by atoms with van der Waals surface area (Å²) >= 11 is 6.10. The zero-order valence-corrected chi connectivity index (χ0v) is 14.5. The van der Waals surface area contributed by atoms with E-state index in [1.54, 1.807) is 36.4 Å². The van der Waals surface area contributed by atoms with Crippen LogP contribution in [0.5, 0.6) is 0 Å². The maximum atomic E-state index is 12.9. The van der Waals surface area contributed by atoms with Crippen LogP contribution in [0.15, 0.2) is 59.4 Å². The van der Waals surface area contributed by atoms with E-state index >= 15 is 0 Å². The van der Waals surface area contributed by atoms with E-state index in [9.17, 15) is 9.59 Å². The Kier molecular flexibility index (Phi) is 4.67. The van der Waals surface area contributed by atoms with E-state index in [0.29, 0.717) is 16.4 Å². The second-order valence-electron chi connectivity index (χ2n) is 5.62. The molecule has 2 aromatic carbocycles. The molecule has 25 heavy (non-hydrogen) atoms. The Morgan fingerprint density at radius 2 is 1.68 bits per heavy atom. The van der Waals surface area contributed by atoms with Crippen LogP contribution in [0.3, 0.4) is 0 Å². The number of amides is 1. The number of carbonyl (C=O) groups is 1. The molecule has 3 aromatic rings. The van der Waals surface area contributed by atoms with Crippen molar-refractivity contribution in [2.24, 2.45) is 0 Å². The van der Waals surface area contributed by atoms with Gasteiger partial charge in [0.1, 0.15) is 0 Å². The van der Waals surface area contributed by atoms with Crippen molar-refractivity contribution in [3.8, 4) is 5.69 Å². The fourth-order valence-corrected chi connectivity index (χ4v) is 2.68. The molecular weight excluding hydrogens is 342 g/mol. The van der Waals surface area contributed by atoms with Gasteiger partial charge in [-0.1, -0.05) is 41.9 Å². The number of tetrazole rings is 1. The zero-order valence-electron chi connectivity index (χ0n) is 13.7. The molecule has 0 aliphatic rings. The van der Waals surface area contributed by atoms with Crippen LogP contribution in [0.4, 0.5) is 10.5 Å². The van der Waals surface area contributed by atoms with Crippen molar-refractivity contribution in [2.45, 2.75) is 19.9 Å². The summed E-state index contributed by atoms with van der Waals surface area (Å²) in [5, 5.41) is 7.86. The molecule has 0 unspecified atom stereocenters. The van der Waals surface area contributed by atoms with E-state index in [1.165, 1.54) is 4.90 Å². The number of rotatable bonds is 3. The third kappa shape index (κ3) is 3.18. The van der Waals surface area contributed by atoms with Crippen molar-refractivity contribution in [3.05, 3.63) is 70.1 Å². The number of para-hydroxylation sites is 2. The standard InChI is InChI=1S/C17H16ClN5O2/c1-12(2)21(13-8-4-3-5-9-13)16(24)23-17(25)22(19-20-23)15-11-7-6-10-14(15)18/h3-12H,1-2H3. The number of hydrogen-bond donors (Lipinski definition) is 0. The molecule has 0 saturated carbocycles. The molecule has 0 fully saturated rings. The molecule has 1 amide bonds. The average Bonchev–Trinajstić information content (AvgIpc) is 2.97. The largest absolute Gasteiger partial charge is 0.377 e. The van der Waals surface area contributed by atoms with Crippen molar-refractivity contribution in [1.29, 1.82) is 0 Å². The molecule has 0 aliphatic carbocycles. The molecule has 0 atom stereocenters. The van der Waals surface area contributed by atoms with Gasteiger partial charge < -0.3 is 0 Å². The summed E-state index contributed by atoms with van der Waals surface area (Å²) < 4.78 is 1.74. The van der Waals surface area contributed by atoms with Crippen LogP contribution < -0.4 is 10.6 Å². The monoisotopic (exact) mass is 357 g/mol. The number of aromatic nitrogens is 4. The van der Waals surface area contributed by atoms with Crippen molar-refractivity contribution < 1.29 is 4.79 Å². The molecule has 0 saturated heterocycles. The highest BCUT2D eigenvalue weighted by Crippen LogP contribution is 2.18. The lowest BCUT2D eigenvalue weighted by molar-refractivity contribution is 0.242. The first-order chi connectivity index (χ1) is 12.0. The van der Waals surface area contributed by atoms with Gasteiger partial charge in [0.2, 0.25) is 0 Å². The third-order valence-corrected chi connectivity index (χ3v) is 3.92. The summed E-state index contributed by atoms with van der Waals surface area (Å²) in [5.74, 6) is 0. The van der Waals surface area contributed by atoms with Gasteiger partial charge in [0.25, 0.3) is 0 Å². The average molecular weight is 358 g/mol. The van der Waals surface area contributed by atoms with Gasteiger partial charge in [-0.2, -0.15) is 4.68 Å². The highest BCUT2D eigenvalue weighted by atomic mass is 35.5. The Hall–Kier alpha value is -2.93. The van der Waals surface area contributed by atoms with Gasteiger partial charge in [-0.05, 0) is 48.5 Å². The summed E-state index contributed by atoms with van der Waals surface area (Å²) in [5.41, 5.74) is 0.352. The summed E-state index contributed by atoms with van der Waals surface area (Å²) in [6.07, 6.45) is 0. The number of carbonyl (C=O) groups excluding carboxylic acids is 1. The van der Waals surface area contributed by atoms with E-state index in [2.05, 4.69) is 10.4 Å². The lowest BCUT2D eigenvalue weighted by Crippen LogP contribution is -2.44. The van der Waals surface area contributed by atoms with Crippen molar-refractivity contribution in [1.82, 2.24) is 19.8 Å². The first-order valence-electron chi connectivity index (χ1n) is 7.69. The van der Waals surface area contributed by atoms with E-state index < -0.39 is 11.7 Å². The Morgan fingerprint density at radius 3 is 2.32 bits per heavy atom. The maximum absolute atomic E-state index is 12.9. The van der Waals surface area contributed by atoms with Crippen molar-refractivity contribution in [2.75, 3.05) is 4.90 Å². The van der Waals surface area contributed by atoms with E-state index in [0.717, 1.165) is 9.36 Å². The van der Waals surface area contributed by atoms with Crippen LogP contribution >= 0.6 is 11.6 Å². The maximum Gasteiger partial charge on any atom is 0.377 e. The van der Waals surface area contributed by atoms with E-state index in [4.69, 9.17) is 11.6 Å². The quantitative estimate of drug-likeness (QED) is 0.675. The Balaban J connectivity index is 2.04. The van der Waals surface area contributed by atoms with Gasteiger partial charge in [0.05, 0.1) is 10.7 Å². The number of benzene rings is 2. The van der Waals surface area contributed by atoms with Gasteiger partial charge in [0.15, 0.2) is 0 Å². The molecule has 8 heteroatoms. The molecule has 0 radical (unpaired) electrons. The molecule has 0 spiro atoms. The first-order valence-corrected chi connectivity index (χ1v) is 8.07. The summed E-state index contributed by atoms with van der Waals surface area (Å²) in [6, 6.07) is 15.1. The third-order valence-electron chi connectivity index (χ3n) is 3.60. The van der Waals surface area contributed by atoms with Gasteiger partial charge in [-0.3, -0.25) is 4.90 Å². The topological polar surface area (TPSA) is 73.0 Å². The number of anilines is 1. The van der Waals surface area contributed by atoms with Crippen LogP contribution in [-0.4, -0.2) is 31.9 Å². The molecule has 1 aromatic heterocycles. The minimum absolute atomic E-state index is 0.174. The molecule has 128 valence electrons. The Labute approximate surface area is 149 Å². The minimum Gasteiger partial charge on any atom is -0.290 e. The predicted molar refractivity (Wildman–Crippen MR) is 95.5 cm³/mol. The summed E-state index contributed by atoms with van der Waals surface area (Å²) in [6.45, 7) is 3.71. The Bertz CT molecular complexity index is 949. The Morgan fingerprint density at radius 1 is 1.04 bits per heavy atom. The molecule has 0 N–H and O–H groups in total. The minimum atomic E-state index is -0.681. The van der Waals surface area contributed by atoms with Crippen LogP contribution in [0.2, 0.25) is 5.02 Å². The fraction of sp³-hybridized carbons (Fsp3) is 0.176. The molecule has 0 aliphatic heterocycles. The molecule has 1 heterocycles. The molecular formula is C17H16ClN5O2. The zero-order chi connectivity index (χ0) is 18.0. The van der Waals surface area contributed by atoms with Crippen LogP contribution in [0.1, 0.15) is 13.8 Å². The highest BCUT2D eigenvalue weighted by Gasteiger charge is 2.25. The number of nitrogens with zero attached hydrogens (tertiary/aromatic N) is 5. The smallest absolute Gasteiger partial charge is 0.290 e. The van der Waals surface area contributed by atoms with Gasteiger partial charge in [-0.15, -0.1) is 4.68 Å². The number of hydrogen-bond acceptors (Lipinski definition) is 4. The highest BCUT2D eigenvalue weighted by molar-refractivity contribution is 6.32. The fourth-order valence-electron chi connectivity index (χ4n) is 2.46. The lowest BCUT2D eigenvalue weighted by atomic mass is 10.2. The van der Waals surface area contributed by atoms with Crippen LogP contribution in [0.25, 0.3) is 5.69 Å². The van der Waals surface area contributed by atoms with Gasteiger partial charge in [0, 0.05) is 11.7 Å². The van der Waals surface area contributed by atoms with Gasteiger partial charge in [-0.25, -0.2) is 9.59 Å². The normalized spacial score (nSPS) is 10.9. The summed E-state index contributed by atoms with van der Waals surface area (Å²) in [7, 11) is 0. The van der Waals surface area contributed by atoms with Crippen LogP contribution in [0, 0.1) is 0 Å². The lowest BCUT2D eigenvalue weighted by Gasteiger charge is -2.25. The second-order valence-corrected chi connectivity index (χ2v) is 6.03. The predicted octanol–water partition coefficient (Wildman–Crippen LogP) is 2.97. The second kappa shape index (κ2) is 6.90. The number of halogens is 1. The molecule has 7 nitrogen and oxygen atoms in total. The van der Waals surface area contributed by atoms with Crippen molar-refractivity contribution >= 4 is 23.3 Å². The summed E-state index contributed by atoms with van der Waals surface area (Å²) in [4.78, 5) is 27.0. The van der Waals surface area contributed by atoms with Crippen LogP contribution in [-0.2, 0) is 0 Å². The van der Waals surface area contributed by atoms with E-state index in [-0.39, 0.29) is 6.04 Å². The van der Waals surface area contributed by atoms with Crippen molar-refractivity contribution in [3.63, 3.8) is 0 Å². The molecule has 0 bridgehead atoms. The SMILES string of the molecule is CC(C)N(C(=O)n1nnn(-c2ccccc2Cl)c1=O)c1ccccc1. The molecule has 3 rings (SSSR count). The first kappa shape index (κ1) is 16.9. The van der Waals surface area contributed by atoms with E-state index in [1.807, 2.05) is 32.0 Å². The van der Waals surface area contributed by atoms with Gasteiger partial charge >= 0.3 is 11.7 Å².